The minimum absolute atomic E-state index is 0.113. The quantitative estimate of drug-likeness (QED) is 0.601. The molecule has 0 unspecified atom stereocenters. The first-order valence-electron chi connectivity index (χ1n) is 9.72. The predicted molar refractivity (Wildman–Crippen MR) is 120 cm³/mol. The van der Waals surface area contributed by atoms with Crippen molar-refractivity contribution in [1.82, 2.24) is 5.32 Å². The molecule has 1 heterocycles. The number of anilines is 1. The Labute approximate surface area is 179 Å². The Bertz CT molecular complexity index is 922. The van der Waals surface area contributed by atoms with Crippen LogP contribution < -0.4 is 21.1 Å². The Morgan fingerprint density at radius 2 is 1.93 bits per heavy atom. The first-order valence-corrected chi connectivity index (χ1v) is 10.9. The molecule has 3 rings (SSSR count). The van der Waals surface area contributed by atoms with Crippen LogP contribution in [-0.4, -0.2) is 23.0 Å². The van der Waals surface area contributed by atoms with Gasteiger partial charge in [0.25, 0.3) is 11.8 Å². The van der Waals surface area contributed by atoms with Gasteiger partial charge in [0.05, 0.1) is 11.7 Å². The van der Waals surface area contributed by atoms with Crippen molar-refractivity contribution in [2.45, 2.75) is 52.1 Å². The molecule has 1 aromatic carbocycles. The number of hydrogen-bond donors (Lipinski definition) is 3. The molecule has 1 aliphatic rings. The van der Waals surface area contributed by atoms with Gasteiger partial charge in [-0.05, 0) is 81.1 Å². The summed E-state index contributed by atoms with van der Waals surface area (Å²) >= 11 is 6.77. The number of aryl methyl sites for hydroxylation is 1. The molecule has 4 N–H and O–H groups in total. The van der Waals surface area contributed by atoms with E-state index in [1.54, 1.807) is 24.3 Å². The molecule has 1 aromatic heterocycles. The Balaban J connectivity index is 1.66. The monoisotopic (exact) mass is 431 g/mol. The number of carbonyl (C=O) groups is 2. The van der Waals surface area contributed by atoms with E-state index in [0.29, 0.717) is 21.9 Å². The van der Waals surface area contributed by atoms with Crippen molar-refractivity contribution in [1.29, 1.82) is 0 Å². The molecule has 6 nitrogen and oxygen atoms in total. The van der Waals surface area contributed by atoms with Gasteiger partial charge in [0.2, 0.25) is 0 Å². The Morgan fingerprint density at radius 3 is 2.59 bits per heavy atom. The summed E-state index contributed by atoms with van der Waals surface area (Å²) in [5, 5.41) is 6.38. The second kappa shape index (κ2) is 9.37. The van der Waals surface area contributed by atoms with Crippen LogP contribution in [0.3, 0.4) is 0 Å². The number of fused-ring (bicyclic) bond motifs is 1. The summed E-state index contributed by atoms with van der Waals surface area (Å²) in [5.74, 6) is -0.0932. The van der Waals surface area contributed by atoms with E-state index in [9.17, 15) is 9.59 Å². The number of rotatable bonds is 6. The third-order valence-electron chi connectivity index (χ3n) is 4.90. The topological polar surface area (TPSA) is 93.4 Å². The van der Waals surface area contributed by atoms with Gasteiger partial charge >= 0.3 is 0 Å². The number of primary amides is 1. The van der Waals surface area contributed by atoms with Gasteiger partial charge in [-0.25, -0.2) is 0 Å². The molecule has 8 heteroatoms. The molecule has 2 amide bonds. The zero-order chi connectivity index (χ0) is 21.0. The average Bonchev–Trinajstić information content (AvgIpc) is 3.06. The lowest BCUT2D eigenvalue weighted by atomic mass is 9.95. The van der Waals surface area contributed by atoms with E-state index in [1.165, 1.54) is 16.2 Å². The lowest BCUT2D eigenvalue weighted by Gasteiger charge is -2.13. The number of hydrogen-bond acceptors (Lipinski definition) is 5. The summed E-state index contributed by atoms with van der Waals surface area (Å²) in [6, 6.07) is 6.90. The van der Waals surface area contributed by atoms with Gasteiger partial charge < -0.3 is 15.8 Å². The SMILES string of the molecule is CC[C@H](C)Oc1ccc(C(=O)NC(=S)Nc2sc3c(c2C(N)=O)CCCC3)cc1. The fourth-order valence-corrected chi connectivity index (χ4v) is 4.78. The van der Waals surface area contributed by atoms with Crippen molar-refractivity contribution in [3.8, 4) is 5.75 Å². The number of thiocarbonyl (C=S) groups is 1. The van der Waals surface area contributed by atoms with E-state index in [2.05, 4.69) is 10.6 Å². The smallest absolute Gasteiger partial charge is 0.257 e. The van der Waals surface area contributed by atoms with E-state index in [1.807, 2.05) is 13.8 Å². The van der Waals surface area contributed by atoms with E-state index < -0.39 is 5.91 Å². The third-order valence-corrected chi connectivity index (χ3v) is 6.31. The van der Waals surface area contributed by atoms with Crippen LogP contribution in [0.25, 0.3) is 0 Å². The van der Waals surface area contributed by atoms with Crippen LogP contribution in [0.4, 0.5) is 5.00 Å². The molecular formula is C21H25N3O3S2. The molecular weight excluding hydrogens is 406 g/mol. The normalized spacial score (nSPS) is 13.9. The first-order chi connectivity index (χ1) is 13.9. The first kappa shape index (κ1) is 21.3. The number of carbonyl (C=O) groups excluding carboxylic acids is 2. The molecule has 0 spiro atoms. The van der Waals surface area contributed by atoms with Crippen molar-refractivity contribution < 1.29 is 14.3 Å². The molecule has 0 saturated heterocycles. The highest BCUT2D eigenvalue weighted by atomic mass is 32.1. The third kappa shape index (κ3) is 5.13. The number of amides is 2. The fraction of sp³-hybridized carbons (Fsp3) is 0.381. The molecule has 1 atom stereocenters. The van der Waals surface area contributed by atoms with Gasteiger partial charge in [0.1, 0.15) is 10.8 Å². The molecule has 0 bridgehead atoms. The summed E-state index contributed by atoms with van der Waals surface area (Å²) < 4.78 is 5.72. The maximum Gasteiger partial charge on any atom is 0.257 e. The van der Waals surface area contributed by atoms with Crippen molar-refractivity contribution in [3.63, 3.8) is 0 Å². The van der Waals surface area contributed by atoms with E-state index >= 15 is 0 Å². The highest BCUT2D eigenvalue weighted by molar-refractivity contribution is 7.80. The zero-order valence-corrected chi connectivity index (χ0v) is 18.2. The van der Waals surface area contributed by atoms with Crippen LogP contribution >= 0.6 is 23.6 Å². The standard InChI is InChI=1S/C21H25N3O3S2/c1-3-12(2)27-14-10-8-13(9-11-14)19(26)23-21(28)24-20-17(18(22)25)15-6-4-5-7-16(15)29-20/h8-12H,3-7H2,1-2H3,(H2,22,25)(H2,23,24,26,28)/t12-/m0/s1. The molecule has 2 aromatic rings. The summed E-state index contributed by atoms with van der Waals surface area (Å²) in [4.78, 5) is 25.6. The second-order valence-electron chi connectivity index (χ2n) is 7.05. The molecule has 0 saturated carbocycles. The fourth-order valence-electron chi connectivity index (χ4n) is 3.22. The van der Waals surface area contributed by atoms with E-state index in [-0.39, 0.29) is 17.1 Å². The molecule has 29 heavy (non-hydrogen) atoms. The van der Waals surface area contributed by atoms with Crippen LogP contribution in [0.5, 0.6) is 5.75 Å². The minimum atomic E-state index is -0.474. The summed E-state index contributed by atoms with van der Waals surface area (Å²) in [5.41, 5.74) is 7.57. The molecule has 1 aliphatic carbocycles. The number of ether oxygens (including phenoxy) is 1. The van der Waals surface area contributed by atoms with E-state index in [0.717, 1.165) is 37.7 Å². The van der Waals surface area contributed by atoms with Crippen LogP contribution in [0, 0.1) is 0 Å². The van der Waals surface area contributed by atoms with Gasteiger partial charge in [0.15, 0.2) is 5.11 Å². The van der Waals surface area contributed by atoms with Crippen molar-refractivity contribution >= 4 is 45.5 Å². The minimum Gasteiger partial charge on any atom is -0.491 e. The Morgan fingerprint density at radius 1 is 1.24 bits per heavy atom. The van der Waals surface area contributed by atoms with Gasteiger partial charge in [0, 0.05) is 10.4 Å². The summed E-state index contributed by atoms with van der Waals surface area (Å²) in [6.07, 6.45) is 4.94. The zero-order valence-electron chi connectivity index (χ0n) is 16.5. The van der Waals surface area contributed by atoms with Crippen LogP contribution in [0.15, 0.2) is 24.3 Å². The molecule has 154 valence electrons. The van der Waals surface area contributed by atoms with Crippen LogP contribution in [0.1, 0.15) is 64.3 Å². The van der Waals surface area contributed by atoms with Gasteiger partial charge in [-0.1, -0.05) is 6.92 Å². The number of nitrogens with one attached hydrogen (secondary N) is 2. The van der Waals surface area contributed by atoms with Crippen LogP contribution in [0.2, 0.25) is 0 Å². The molecule has 0 radical (unpaired) electrons. The average molecular weight is 432 g/mol. The van der Waals surface area contributed by atoms with Crippen molar-refractivity contribution in [2.75, 3.05) is 5.32 Å². The molecule has 0 fully saturated rings. The van der Waals surface area contributed by atoms with Gasteiger partial charge in [-0.15, -0.1) is 11.3 Å². The van der Waals surface area contributed by atoms with E-state index in [4.69, 9.17) is 22.7 Å². The second-order valence-corrected chi connectivity index (χ2v) is 8.56. The number of thiophene rings is 1. The maximum atomic E-state index is 12.5. The maximum absolute atomic E-state index is 12.5. The predicted octanol–water partition coefficient (Wildman–Crippen LogP) is 4.03. The van der Waals surface area contributed by atoms with Crippen LogP contribution in [-0.2, 0) is 12.8 Å². The highest BCUT2D eigenvalue weighted by Gasteiger charge is 2.24. The van der Waals surface area contributed by atoms with Gasteiger partial charge in [-0.3, -0.25) is 14.9 Å². The Hall–Kier alpha value is -2.45. The van der Waals surface area contributed by atoms with Crippen molar-refractivity contribution in [3.05, 3.63) is 45.8 Å². The van der Waals surface area contributed by atoms with Gasteiger partial charge in [-0.2, -0.15) is 0 Å². The number of benzene rings is 1. The summed E-state index contributed by atoms with van der Waals surface area (Å²) in [7, 11) is 0. The summed E-state index contributed by atoms with van der Waals surface area (Å²) in [6.45, 7) is 4.04. The lowest BCUT2D eigenvalue weighted by molar-refractivity contribution is 0.0975. The number of nitrogens with two attached hydrogens (primary N) is 1. The largest absolute Gasteiger partial charge is 0.491 e. The van der Waals surface area contributed by atoms with Crippen molar-refractivity contribution in [2.24, 2.45) is 5.73 Å². The molecule has 0 aliphatic heterocycles. The Kier molecular flexibility index (Phi) is 6.87. The highest BCUT2D eigenvalue weighted by Crippen LogP contribution is 2.37. The lowest BCUT2D eigenvalue weighted by Crippen LogP contribution is -2.34.